The van der Waals surface area contributed by atoms with E-state index in [0.29, 0.717) is 5.41 Å². The lowest BCUT2D eigenvalue weighted by molar-refractivity contribution is 0.293. The molecule has 0 amide bonds. The second kappa shape index (κ2) is 4.94. The molecule has 1 aromatic heterocycles. The lowest BCUT2D eigenvalue weighted by atomic mass is 9.84. The van der Waals surface area contributed by atoms with Crippen LogP contribution in [0.5, 0.6) is 0 Å². The van der Waals surface area contributed by atoms with E-state index < -0.39 is 0 Å². The normalized spacial score (nSPS) is 19.6. The van der Waals surface area contributed by atoms with Crippen LogP contribution in [0.3, 0.4) is 0 Å². The monoisotopic (exact) mass is 253 g/mol. The van der Waals surface area contributed by atoms with Crippen LogP contribution >= 0.6 is 11.3 Å². The van der Waals surface area contributed by atoms with E-state index in [9.17, 15) is 0 Å². The molecule has 0 unspecified atom stereocenters. The standard InChI is InChI=1S/C13H23N3S/c1-10-11(8-14-4)17-12(15-10)16-7-5-6-13(2,3)9-16/h14H,5-9H2,1-4H3. The van der Waals surface area contributed by atoms with Crippen molar-refractivity contribution in [2.45, 2.75) is 40.2 Å². The van der Waals surface area contributed by atoms with Gasteiger partial charge in [-0.25, -0.2) is 4.98 Å². The van der Waals surface area contributed by atoms with Gasteiger partial charge in [0.1, 0.15) is 0 Å². The summed E-state index contributed by atoms with van der Waals surface area (Å²) in [4.78, 5) is 8.55. The number of nitrogens with zero attached hydrogens (tertiary/aromatic N) is 2. The van der Waals surface area contributed by atoms with E-state index in [4.69, 9.17) is 4.98 Å². The van der Waals surface area contributed by atoms with E-state index >= 15 is 0 Å². The Bertz CT molecular complexity index is 384. The smallest absolute Gasteiger partial charge is 0.185 e. The maximum atomic E-state index is 4.72. The summed E-state index contributed by atoms with van der Waals surface area (Å²) in [6.07, 6.45) is 2.62. The van der Waals surface area contributed by atoms with Gasteiger partial charge in [-0.3, -0.25) is 0 Å². The van der Waals surface area contributed by atoms with Gasteiger partial charge in [-0.1, -0.05) is 13.8 Å². The molecule has 1 aliphatic rings. The summed E-state index contributed by atoms with van der Waals surface area (Å²) in [5.41, 5.74) is 1.61. The number of anilines is 1. The summed E-state index contributed by atoms with van der Waals surface area (Å²) in [6, 6.07) is 0. The van der Waals surface area contributed by atoms with Crippen LogP contribution in [0.25, 0.3) is 0 Å². The molecule has 2 heterocycles. The van der Waals surface area contributed by atoms with Crippen LogP contribution in [-0.2, 0) is 6.54 Å². The third-order valence-electron chi connectivity index (χ3n) is 3.39. The zero-order chi connectivity index (χ0) is 12.5. The van der Waals surface area contributed by atoms with Crippen molar-refractivity contribution in [3.8, 4) is 0 Å². The molecule has 1 saturated heterocycles. The first-order chi connectivity index (χ1) is 8.02. The first-order valence-corrected chi connectivity index (χ1v) is 7.19. The number of hydrogen-bond acceptors (Lipinski definition) is 4. The van der Waals surface area contributed by atoms with E-state index in [0.717, 1.165) is 19.6 Å². The zero-order valence-corrected chi connectivity index (χ0v) is 12.2. The van der Waals surface area contributed by atoms with Crippen molar-refractivity contribution in [1.29, 1.82) is 0 Å². The summed E-state index contributed by atoms with van der Waals surface area (Å²) in [5.74, 6) is 0. The zero-order valence-electron chi connectivity index (χ0n) is 11.3. The number of piperidine rings is 1. The van der Waals surface area contributed by atoms with Gasteiger partial charge in [0.2, 0.25) is 0 Å². The fourth-order valence-electron chi connectivity index (χ4n) is 2.46. The minimum Gasteiger partial charge on any atom is -0.348 e. The summed E-state index contributed by atoms with van der Waals surface area (Å²) in [7, 11) is 1.99. The minimum atomic E-state index is 0.432. The first-order valence-electron chi connectivity index (χ1n) is 6.38. The summed E-state index contributed by atoms with van der Waals surface area (Å²) in [6.45, 7) is 10.1. The largest absolute Gasteiger partial charge is 0.348 e. The van der Waals surface area contributed by atoms with E-state index in [1.165, 1.54) is 28.5 Å². The predicted molar refractivity (Wildman–Crippen MR) is 74.8 cm³/mol. The highest BCUT2D eigenvalue weighted by atomic mass is 32.1. The quantitative estimate of drug-likeness (QED) is 0.898. The molecule has 1 fully saturated rings. The molecule has 0 saturated carbocycles. The van der Waals surface area contributed by atoms with Crippen LogP contribution in [0.4, 0.5) is 5.13 Å². The highest BCUT2D eigenvalue weighted by Crippen LogP contribution is 2.34. The van der Waals surface area contributed by atoms with Crippen LogP contribution in [0.2, 0.25) is 0 Å². The maximum absolute atomic E-state index is 4.72. The molecular weight excluding hydrogens is 230 g/mol. The van der Waals surface area contributed by atoms with E-state index in [1.807, 2.05) is 18.4 Å². The first kappa shape index (κ1) is 12.8. The Morgan fingerprint density at radius 3 is 2.88 bits per heavy atom. The van der Waals surface area contributed by atoms with Crippen LogP contribution in [0, 0.1) is 12.3 Å². The van der Waals surface area contributed by atoms with Crippen molar-refractivity contribution in [2.75, 3.05) is 25.0 Å². The highest BCUT2D eigenvalue weighted by Gasteiger charge is 2.28. The van der Waals surface area contributed by atoms with Crippen molar-refractivity contribution in [2.24, 2.45) is 5.41 Å². The number of nitrogens with one attached hydrogen (secondary N) is 1. The SMILES string of the molecule is CNCc1sc(N2CCCC(C)(C)C2)nc1C. The van der Waals surface area contributed by atoms with Crippen LogP contribution in [0.1, 0.15) is 37.3 Å². The Kier molecular flexibility index (Phi) is 3.73. The molecule has 1 aromatic rings. The Morgan fingerprint density at radius 2 is 2.24 bits per heavy atom. The van der Waals surface area contributed by atoms with Crippen molar-refractivity contribution in [3.63, 3.8) is 0 Å². The second-order valence-corrected chi connectivity index (χ2v) is 6.79. The second-order valence-electron chi connectivity index (χ2n) is 5.72. The van der Waals surface area contributed by atoms with E-state index in [1.54, 1.807) is 0 Å². The van der Waals surface area contributed by atoms with Crippen molar-refractivity contribution in [1.82, 2.24) is 10.3 Å². The summed E-state index contributed by atoms with van der Waals surface area (Å²) >= 11 is 1.84. The van der Waals surface area contributed by atoms with Gasteiger partial charge in [0, 0.05) is 24.5 Å². The van der Waals surface area contributed by atoms with Gasteiger partial charge < -0.3 is 10.2 Å². The van der Waals surface area contributed by atoms with E-state index in [-0.39, 0.29) is 0 Å². The maximum Gasteiger partial charge on any atom is 0.185 e. The molecule has 1 N–H and O–H groups in total. The van der Waals surface area contributed by atoms with Gasteiger partial charge in [-0.05, 0) is 32.2 Å². The molecule has 3 nitrogen and oxygen atoms in total. The highest BCUT2D eigenvalue weighted by molar-refractivity contribution is 7.15. The molecule has 96 valence electrons. The van der Waals surface area contributed by atoms with Gasteiger partial charge >= 0.3 is 0 Å². The molecular formula is C13H23N3S. The topological polar surface area (TPSA) is 28.2 Å². The van der Waals surface area contributed by atoms with Crippen LogP contribution in [-0.4, -0.2) is 25.1 Å². The van der Waals surface area contributed by atoms with Crippen molar-refractivity contribution < 1.29 is 0 Å². The molecule has 4 heteroatoms. The number of thiazole rings is 1. The lowest BCUT2D eigenvalue weighted by Crippen LogP contribution is -2.40. The van der Waals surface area contributed by atoms with Crippen LogP contribution < -0.4 is 10.2 Å². The Balaban J connectivity index is 2.14. The molecule has 17 heavy (non-hydrogen) atoms. The molecule has 0 aliphatic carbocycles. The van der Waals surface area contributed by atoms with Gasteiger partial charge in [-0.15, -0.1) is 11.3 Å². The fraction of sp³-hybridized carbons (Fsp3) is 0.769. The molecule has 0 bridgehead atoms. The molecule has 2 rings (SSSR count). The van der Waals surface area contributed by atoms with Gasteiger partial charge in [-0.2, -0.15) is 0 Å². The third-order valence-corrected chi connectivity index (χ3v) is 4.61. The van der Waals surface area contributed by atoms with Crippen molar-refractivity contribution >= 4 is 16.5 Å². The van der Waals surface area contributed by atoms with Gasteiger partial charge in [0.25, 0.3) is 0 Å². The fourth-order valence-corrected chi connectivity index (χ4v) is 3.56. The number of aromatic nitrogens is 1. The molecule has 0 radical (unpaired) electrons. The molecule has 1 aliphatic heterocycles. The van der Waals surface area contributed by atoms with Crippen molar-refractivity contribution in [3.05, 3.63) is 10.6 Å². The predicted octanol–water partition coefficient (Wildman–Crippen LogP) is 2.80. The van der Waals surface area contributed by atoms with E-state index in [2.05, 4.69) is 31.0 Å². The van der Waals surface area contributed by atoms with Crippen LogP contribution in [0.15, 0.2) is 0 Å². The Hall–Kier alpha value is -0.610. The Morgan fingerprint density at radius 1 is 1.47 bits per heavy atom. The molecule has 0 aromatic carbocycles. The molecule has 0 spiro atoms. The summed E-state index contributed by atoms with van der Waals surface area (Å²) in [5, 5.41) is 4.42. The number of aryl methyl sites for hydroxylation is 1. The molecule has 0 atom stereocenters. The third kappa shape index (κ3) is 2.99. The minimum absolute atomic E-state index is 0.432. The summed E-state index contributed by atoms with van der Waals surface area (Å²) < 4.78 is 0. The number of hydrogen-bond donors (Lipinski definition) is 1. The number of rotatable bonds is 3. The van der Waals surface area contributed by atoms with Gasteiger partial charge in [0.15, 0.2) is 5.13 Å². The average Bonchev–Trinajstić information content (AvgIpc) is 2.60. The lowest BCUT2D eigenvalue weighted by Gasteiger charge is -2.37. The Labute approximate surface area is 108 Å². The van der Waals surface area contributed by atoms with Gasteiger partial charge in [0.05, 0.1) is 5.69 Å². The average molecular weight is 253 g/mol.